The van der Waals surface area contributed by atoms with Gasteiger partial charge >= 0.3 is 0 Å². The van der Waals surface area contributed by atoms with Gasteiger partial charge in [0, 0.05) is 59.1 Å². The second kappa shape index (κ2) is 11.1. The quantitative estimate of drug-likeness (QED) is 0.666. The summed E-state index contributed by atoms with van der Waals surface area (Å²) in [7, 11) is 0. The second-order valence-corrected chi connectivity index (χ2v) is 3.35. The van der Waals surface area contributed by atoms with Crippen LogP contribution in [0.3, 0.4) is 0 Å². The normalized spacial score (nSPS) is 22.2. The maximum absolute atomic E-state index is 5.07. The molecular formula is C10H20O2Y. The fraction of sp³-hybridized carbons (Fsp3) is 1.00. The van der Waals surface area contributed by atoms with E-state index < -0.39 is 0 Å². The van der Waals surface area contributed by atoms with Crippen LogP contribution in [-0.4, -0.2) is 26.4 Å². The molecule has 2 fully saturated rings. The summed E-state index contributed by atoms with van der Waals surface area (Å²) in [4.78, 5) is 0. The van der Waals surface area contributed by atoms with Gasteiger partial charge in [-0.3, -0.25) is 0 Å². The molecule has 0 aromatic rings. The van der Waals surface area contributed by atoms with Crippen LogP contribution in [0, 0.1) is 0 Å². The molecule has 0 aromatic heterocycles. The number of ether oxygens (including phenoxy) is 2. The smallest absolute Gasteiger partial charge is 0.0466 e. The minimum Gasteiger partial charge on any atom is -0.381 e. The molecule has 3 heteroatoms. The van der Waals surface area contributed by atoms with Crippen LogP contribution < -0.4 is 0 Å². The molecule has 0 spiro atoms. The summed E-state index contributed by atoms with van der Waals surface area (Å²) in [5.74, 6) is 0. The summed E-state index contributed by atoms with van der Waals surface area (Å²) in [6.07, 6.45) is 7.86. The van der Waals surface area contributed by atoms with E-state index in [4.69, 9.17) is 9.47 Å². The van der Waals surface area contributed by atoms with Crippen LogP contribution in [0.15, 0.2) is 0 Å². The number of hydrogen-bond acceptors (Lipinski definition) is 2. The molecule has 2 nitrogen and oxygen atoms in total. The van der Waals surface area contributed by atoms with Crippen molar-refractivity contribution in [1.29, 1.82) is 0 Å². The van der Waals surface area contributed by atoms with Crippen molar-refractivity contribution in [1.82, 2.24) is 0 Å². The van der Waals surface area contributed by atoms with E-state index >= 15 is 0 Å². The van der Waals surface area contributed by atoms with Gasteiger partial charge in [0.2, 0.25) is 0 Å². The third-order valence-electron chi connectivity index (χ3n) is 2.15. The predicted octanol–water partition coefficient (Wildman–Crippen LogP) is 2.37. The van der Waals surface area contributed by atoms with Crippen molar-refractivity contribution in [3.63, 3.8) is 0 Å². The Hall–Kier alpha value is 1.02. The number of hydrogen-bond donors (Lipinski definition) is 0. The second-order valence-electron chi connectivity index (χ2n) is 3.35. The summed E-state index contributed by atoms with van der Waals surface area (Å²) in [6.45, 7) is 4.00. The van der Waals surface area contributed by atoms with Crippen molar-refractivity contribution in [3.05, 3.63) is 0 Å². The van der Waals surface area contributed by atoms with Crippen molar-refractivity contribution in [3.8, 4) is 0 Å². The van der Waals surface area contributed by atoms with Gasteiger partial charge < -0.3 is 9.47 Å². The Morgan fingerprint density at radius 3 is 0.846 bits per heavy atom. The van der Waals surface area contributed by atoms with Gasteiger partial charge in [0.25, 0.3) is 0 Å². The van der Waals surface area contributed by atoms with Crippen molar-refractivity contribution in [2.45, 2.75) is 38.5 Å². The Kier molecular flexibility index (Phi) is 12.0. The van der Waals surface area contributed by atoms with Crippen LogP contribution in [-0.2, 0) is 42.2 Å². The largest absolute Gasteiger partial charge is 0.381 e. The van der Waals surface area contributed by atoms with Gasteiger partial charge in [-0.1, -0.05) is 0 Å². The molecule has 0 saturated carbocycles. The maximum atomic E-state index is 5.07. The van der Waals surface area contributed by atoms with Crippen LogP contribution in [0.2, 0.25) is 0 Å². The molecule has 13 heavy (non-hydrogen) atoms. The SMILES string of the molecule is C1CCOCC1.C1CCOCC1.[Y]. The third-order valence-corrected chi connectivity index (χ3v) is 2.15. The topological polar surface area (TPSA) is 18.5 Å². The van der Waals surface area contributed by atoms with E-state index in [1.54, 1.807) is 0 Å². The monoisotopic (exact) mass is 261 g/mol. The maximum Gasteiger partial charge on any atom is 0.0466 e. The van der Waals surface area contributed by atoms with Crippen molar-refractivity contribution in [2.75, 3.05) is 26.4 Å². The molecule has 0 aliphatic carbocycles. The summed E-state index contributed by atoms with van der Waals surface area (Å²) >= 11 is 0. The van der Waals surface area contributed by atoms with Crippen LogP contribution >= 0.6 is 0 Å². The minimum atomic E-state index is 0. The third kappa shape index (κ3) is 9.33. The van der Waals surface area contributed by atoms with Crippen molar-refractivity contribution >= 4 is 0 Å². The molecule has 0 unspecified atom stereocenters. The first-order valence-corrected chi connectivity index (χ1v) is 5.15. The summed E-state index contributed by atoms with van der Waals surface area (Å²) in [5.41, 5.74) is 0. The van der Waals surface area contributed by atoms with Gasteiger partial charge in [-0.2, -0.15) is 0 Å². The van der Waals surface area contributed by atoms with Crippen LogP contribution in [0.25, 0.3) is 0 Å². The zero-order valence-corrected chi connectivity index (χ0v) is 11.3. The van der Waals surface area contributed by atoms with E-state index in [1.807, 2.05) is 0 Å². The van der Waals surface area contributed by atoms with E-state index in [0.29, 0.717) is 0 Å². The number of rotatable bonds is 0. The van der Waals surface area contributed by atoms with Gasteiger partial charge in [-0.15, -0.1) is 0 Å². The van der Waals surface area contributed by atoms with Crippen molar-refractivity contribution in [2.24, 2.45) is 0 Å². The van der Waals surface area contributed by atoms with E-state index in [0.717, 1.165) is 26.4 Å². The molecule has 0 aromatic carbocycles. The average molecular weight is 261 g/mol. The molecule has 2 heterocycles. The first-order chi connectivity index (χ1) is 6.00. The summed E-state index contributed by atoms with van der Waals surface area (Å²) in [5, 5.41) is 0. The van der Waals surface area contributed by atoms with Gasteiger partial charge in [-0.05, 0) is 38.5 Å². The summed E-state index contributed by atoms with van der Waals surface area (Å²) in [6, 6.07) is 0. The first kappa shape index (κ1) is 14.0. The van der Waals surface area contributed by atoms with Crippen LogP contribution in [0.5, 0.6) is 0 Å². The zero-order valence-electron chi connectivity index (χ0n) is 8.46. The van der Waals surface area contributed by atoms with E-state index in [9.17, 15) is 0 Å². The summed E-state index contributed by atoms with van der Waals surface area (Å²) < 4.78 is 10.1. The molecule has 2 rings (SSSR count). The first-order valence-electron chi connectivity index (χ1n) is 5.15. The fourth-order valence-corrected chi connectivity index (χ4v) is 1.37. The Morgan fingerprint density at radius 2 is 0.769 bits per heavy atom. The van der Waals surface area contributed by atoms with Crippen LogP contribution in [0.1, 0.15) is 38.5 Å². The molecule has 0 N–H and O–H groups in total. The predicted molar refractivity (Wildman–Crippen MR) is 49.3 cm³/mol. The fourth-order valence-electron chi connectivity index (χ4n) is 1.37. The Labute approximate surface area is 107 Å². The molecule has 2 aliphatic heterocycles. The van der Waals surface area contributed by atoms with Crippen molar-refractivity contribution < 1.29 is 42.2 Å². The van der Waals surface area contributed by atoms with Crippen LogP contribution in [0.4, 0.5) is 0 Å². The molecule has 0 bridgehead atoms. The molecule has 2 saturated heterocycles. The molecular weight excluding hydrogens is 241 g/mol. The molecule has 2 aliphatic rings. The minimum absolute atomic E-state index is 0. The molecule has 0 amide bonds. The zero-order chi connectivity index (χ0) is 8.49. The van der Waals surface area contributed by atoms with E-state index in [2.05, 4.69) is 0 Å². The molecule has 1 radical (unpaired) electrons. The Balaban J connectivity index is 0.000000206. The standard InChI is InChI=1S/2C5H10O.Y/c2*1-2-4-6-5-3-1;/h2*1-5H2;. The van der Waals surface area contributed by atoms with Gasteiger partial charge in [-0.25, -0.2) is 0 Å². The van der Waals surface area contributed by atoms with Gasteiger partial charge in [0.05, 0.1) is 0 Å². The van der Waals surface area contributed by atoms with E-state index in [-0.39, 0.29) is 32.7 Å². The molecule has 75 valence electrons. The average Bonchev–Trinajstić information content (AvgIpc) is 2.24. The van der Waals surface area contributed by atoms with E-state index in [1.165, 1.54) is 38.5 Å². The molecule has 0 atom stereocenters. The van der Waals surface area contributed by atoms with Gasteiger partial charge in [0.1, 0.15) is 0 Å². The van der Waals surface area contributed by atoms with Gasteiger partial charge in [0.15, 0.2) is 0 Å². The Bertz CT molecular complexity index is 55.9. The Morgan fingerprint density at radius 1 is 0.462 bits per heavy atom.